The molecule has 0 spiro atoms. The van der Waals surface area contributed by atoms with Crippen molar-refractivity contribution in [2.45, 2.75) is 26.9 Å². The van der Waals surface area contributed by atoms with Gasteiger partial charge in [-0.25, -0.2) is 9.18 Å². The normalized spacial score (nSPS) is 10.6. The molecular weight excluding hydrogens is 377 g/mol. The summed E-state index contributed by atoms with van der Waals surface area (Å²) in [5, 5.41) is 3.92. The first-order valence-corrected chi connectivity index (χ1v) is 9.10. The van der Waals surface area contributed by atoms with Gasteiger partial charge in [-0.15, -0.1) is 0 Å². The Balaban J connectivity index is 1.52. The molecule has 0 saturated carbocycles. The maximum Gasteiger partial charge on any atom is 0.344 e. The first kappa shape index (κ1) is 20.3. The van der Waals surface area contributed by atoms with Crippen molar-refractivity contribution >= 4 is 11.8 Å². The molecule has 150 valence electrons. The summed E-state index contributed by atoms with van der Waals surface area (Å²) in [5.74, 6) is 0.0925. The van der Waals surface area contributed by atoms with Gasteiger partial charge < -0.3 is 14.0 Å². The number of ketones is 1. The summed E-state index contributed by atoms with van der Waals surface area (Å²) in [6.07, 6.45) is 0.427. The summed E-state index contributed by atoms with van der Waals surface area (Å²) >= 11 is 0. The predicted octanol–water partition coefficient (Wildman–Crippen LogP) is 4.50. The van der Waals surface area contributed by atoms with Crippen molar-refractivity contribution in [3.05, 3.63) is 71.2 Å². The highest BCUT2D eigenvalue weighted by Gasteiger charge is 2.16. The minimum atomic E-state index is -0.565. The van der Waals surface area contributed by atoms with Crippen molar-refractivity contribution in [2.24, 2.45) is 0 Å². The molecule has 0 saturated heterocycles. The maximum atomic E-state index is 13.1. The van der Waals surface area contributed by atoms with E-state index >= 15 is 0 Å². The summed E-state index contributed by atoms with van der Waals surface area (Å²) in [4.78, 5) is 23.5. The average molecular weight is 397 g/mol. The van der Waals surface area contributed by atoms with Crippen LogP contribution in [0.15, 0.2) is 53.1 Å². The molecule has 6 nitrogen and oxygen atoms in total. The fourth-order valence-electron chi connectivity index (χ4n) is 2.65. The van der Waals surface area contributed by atoms with E-state index in [0.717, 1.165) is 0 Å². The minimum absolute atomic E-state index is 0.0407. The zero-order valence-corrected chi connectivity index (χ0v) is 16.1. The molecule has 0 aliphatic carbocycles. The second-order valence-electron chi connectivity index (χ2n) is 6.34. The number of ether oxygens (including phenoxy) is 2. The second-order valence-corrected chi connectivity index (χ2v) is 6.34. The van der Waals surface area contributed by atoms with Crippen molar-refractivity contribution in [3.63, 3.8) is 0 Å². The van der Waals surface area contributed by atoms with Crippen LogP contribution < -0.4 is 4.74 Å². The van der Waals surface area contributed by atoms with Gasteiger partial charge in [0.15, 0.2) is 18.2 Å². The molecule has 3 rings (SSSR count). The molecule has 0 aliphatic heterocycles. The standard InChI is InChI=1S/C22H20FNO5/c1-3-20(25)15-6-10-18(11-7-15)27-13-21(26)28-12-19-14(2)22(29-24-19)16-4-8-17(23)9-5-16/h4-11H,3,12-13H2,1-2H3. The van der Waals surface area contributed by atoms with Crippen molar-refractivity contribution in [1.29, 1.82) is 0 Å². The van der Waals surface area contributed by atoms with Crippen LogP contribution in [0.1, 0.15) is 35.0 Å². The van der Waals surface area contributed by atoms with Crippen LogP contribution >= 0.6 is 0 Å². The molecule has 29 heavy (non-hydrogen) atoms. The van der Waals surface area contributed by atoms with Crippen molar-refractivity contribution in [2.75, 3.05) is 6.61 Å². The van der Waals surface area contributed by atoms with Gasteiger partial charge in [0.25, 0.3) is 0 Å². The summed E-state index contributed by atoms with van der Waals surface area (Å²) < 4.78 is 28.9. The van der Waals surface area contributed by atoms with Crippen LogP contribution in [0.4, 0.5) is 4.39 Å². The van der Waals surface area contributed by atoms with Gasteiger partial charge in [0.05, 0.1) is 0 Å². The molecule has 2 aromatic carbocycles. The molecule has 0 N–H and O–H groups in total. The van der Waals surface area contributed by atoms with E-state index in [0.29, 0.717) is 40.3 Å². The monoisotopic (exact) mass is 397 g/mol. The van der Waals surface area contributed by atoms with Gasteiger partial charge in [0.1, 0.15) is 23.9 Å². The Labute approximate surface area is 167 Å². The summed E-state index contributed by atoms with van der Waals surface area (Å²) in [6.45, 7) is 3.24. The van der Waals surface area contributed by atoms with E-state index in [-0.39, 0.29) is 24.8 Å². The quantitative estimate of drug-likeness (QED) is 0.411. The molecule has 0 bridgehead atoms. The SMILES string of the molecule is CCC(=O)c1ccc(OCC(=O)OCc2noc(-c3ccc(F)cc3)c2C)cc1. The number of hydrogen-bond acceptors (Lipinski definition) is 6. The molecule has 1 aromatic heterocycles. The number of rotatable bonds is 8. The van der Waals surface area contributed by atoms with Gasteiger partial charge in [-0.2, -0.15) is 0 Å². The topological polar surface area (TPSA) is 78.6 Å². The van der Waals surface area contributed by atoms with Crippen LogP contribution in [0.3, 0.4) is 0 Å². The molecule has 0 atom stereocenters. The van der Waals surface area contributed by atoms with E-state index in [2.05, 4.69) is 5.16 Å². The Bertz CT molecular complexity index is 993. The lowest BCUT2D eigenvalue weighted by Crippen LogP contribution is -2.15. The van der Waals surface area contributed by atoms with Gasteiger partial charge in [0, 0.05) is 23.1 Å². The highest BCUT2D eigenvalue weighted by atomic mass is 19.1. The zero-order chi connectivity index (χ0) is 20.8. The second kappa shape index (κ2) is 9.14. The lowest BCUT2D eigenvalue weighted by molar-refractivity contribution is -0.147. The van der Waals surface area contributed by atoms with Crippen LogP contribution in [-0.2, 0) is 16.1 Å². The average Bonchev–Trinajstić information content (AvgIpc) is 3.11. The Morgan fingerprint density at radius 1 is 1.07 bits per heavy atom. The summed E-state index contributed by atoms with van der Waals surface area (Å²) in [6, 6.07) is 12.4. The summed E-state index contributed by atoms with van der Waals surface area (Å²) in [7, 11) is 0. The molecule has 3 aromatic rings. The molecule has 0 unspecified atom stereocenters. The molecular formula is C22H20FNO5. The number of carbonyl (C=O) groups is 2. The van der Waals surface area contributed by atoms with Crippen molar-refractivity contribution in [3.8, 4) is 17.1 Å². The smallest absolute Gasteiger partial charge is 0.344 e. The molecule has 1 heterocycles. The third-order valence-corrected chi connectivity index (χ3v) is 4.35. The van der Waals surface area contributed by atoms with Gasteiger partial charge in [-0.1, -0.05) is 12.1 Å². The van der Waals surface area contributed by atoms with Crippen LogP contribution in [0.2, 0.25) is 0 Å². The number of esters is 1. The number of benzene rings is 2. The highest BCUT2D eigenvalue weighted by Crippen LogP contribution is 2.26. The van der Waals surface area contributed by atoms with Crippen LogP contribution in [0.5, 0.6) is 5.75 Å². The number of aromatic nitrogens is 1. The van der Waals surface area contributed by atoms with Gasteiger partial charge >= 0.3 is 5.97 Å². The van der Waals surface area contributed by atoms with Gasteiger partial charge in [0.2, 0.25) is 0 Å². The fraction of sp³-hybridized carbons (Fsp3) is 0.227. The highest BCUT2D eigenvalue weighted by molar-refractivity contribution is 5.95. The Morgan fingerprint density at radius 3 is 2.41 bits per heavy atom. The number of Topliss-reactive ketones (excluding diaryl/α,β-unsaturated/α-hetero) is 1. The minimum Gasteiger partial charge on any atom is -0.482 e. The lowest BCUT2D eigenvalue weighted by atomic mass is 10.1. The number of nitrogens with zero attached hydrogens (tertiary/aromatic N) is 1. The first-order chi connectivity index (χ1) is 14.0. The molecule has 0 radical (unpaired) electrons. The van der Waals surface area contributed by atoms with E-state index in [1.54, 1.807) is 50.2 Å². The molecule has 0 amide bonds. The largest absolute Gasteiger partial charge is 0.482 e. The Kier molecular flexibility index (Phi) is 6.39. The molecule has 7 heteroatoms. The predicted molar refractivity (Wildman–Crippen MR) is 103 cm³/mol. The van der Waals surface area contributed by atoms with Crippen LogP contribution in [0, 0.1) is 12.7 Å². The third kappa shape index (κ3) is 5.07. The van der Waals surface area contributed by atoms with Crippen LogP contribution in [-0.4, -0.2) is 23.5 Å². The van der Waals surface area contributed by atoms with Crippen molar-refractivity contribution < 1.29 is 28.0 Å². The van der Waals surface area contributed by atoms with E-state index < -0.39 is 5.97 Å². The van der Waals surface area contributed by atoms with Crippen molar-refractivity contribution in [1.82, 2.24) is 5.16 Å². The van der Waals surface area contributed by atoms with Gasteiger partial charge in [-0.05, 0) is 55.5 Å². The Morgan fingerprint density at radius 2 is 1.76 bits per heavy atom. The van der Waals surface area contributed by atoms with E-state index in [1.807, 2.05) is 0 Å². The lowest BCUT2D eigenvalue weighted by Gasteiger charge is -2.07. The Hall–Kier alpha value is -3.48. The van der Waals surface area contributed by atoms with E-state index in [1.165, 1.54) is 12.1 Å². The van der Waals surface area contributed by atoms with E-state index in [9.17, 15) is 14.0 Å². The molecule has 0 aliphatic rings. The first-order valence-electron chi connectivity index (χ1n) is 9.10. The number of halogens is 1. The van der Waals surface area contributed by atoms with Gasteiger partial charge in [-0.3, -0.25) is 4.79 Å². The third-order valence-electron chi connectivity index (χ3n) is 4.35. The van der Waals surface area contributed by atoms with Crippen LogP contribution in [0.25, 0.3) is 11.3 Å². The molecule has 0 fully saturated rings. The number of carbonyl (C=O) groups excluding carboxylic acids is 2. The summed E-state index contributed by atoms with van der Waals surface area (Å²) in [5.41, 5.74) is 2.46. The van der Waals surface area contributed by atoms with E-state index in [4.69, 9.17) is 14.0 Å². The fourth-order valence-corrected chi connectivity index (χ4v) is 2.65. The maximum absolute atomic E-state index is 13.1. The zero-order valence-electron chi connectivity index (χ0n) is 16.1. The number of hydrogen-bond donors (Lipinski definition) is 0.